The second-order valence-corrected chi connectivity index (χ2v) is 3.54. The quantitative estimate of drug-likeness (QED) is 0.615. The zero-order chi connectivity index (χ0) is 9.84. The van der Waals surface area contributed by atoms with Crippen molar-refractivity contribution in [1.29, 1.82) is 0 Å². The lowest BCUT2D eigenvalue weighted by molar-refractivity contribution is -0.150. The number of nitrogens with two attached hydrogens (primary N) is 1. The van der Waals surface area contributed by atoms with Crippen LogP contribution in [-0.2, 0) is 9.53 Å². The van der Waals surface area contributed by atoms with Crippen LogP contribution in [0.15, 0.2) is 0 Å². The minimum absolute atomic E-state index is 0.0836. The number of likely N-dealkylation sites (N-methyl/N-ethyl adjacent to an activating group) is 1. The molecule has 0 spiro atoms. The van der Waals surface area contributed by atoms with Crippen molar-refractivity contribution in [2.45, 2.75) is 31.8 Å². The van der Waals surface area contributed by atoms with Gasteiger partial charge in [0.05, 0.1) is 6.61 Å². The first-order valence-electron chi connectivity index (χ1n) is 4.77. The highest BCUT2D eigenvalue weighted by molar-refractivity contribution is 5.75. The molecule has 0 radical (unpaired) electrons. The van der Waals surface area contributed by atoms with E-state index >= 15 is 0 Å². The number of piperidine rings is 1. The SMILES string of the molecule is CCOC(=O)C1CCC(N)CN1C. The molecule has 0 saturated carbocycles. The van der Waals surface area contributed by atoms with Gasteiger partial charge in [0.15, 0.2) is 0 Å². The van der Waals surface area contributed by atoms with E-state index in [0.717, 1.165) is 19.4 Å². The second kappa shape index (κ2) is 4.58. The van der Waals surface area contributed by atoms with Crippen LogP contribution < -0.4 is 5.73 Å². The van der Waals surface area contributed by atoms with Crippen LogP contribution in [0.2, 0.25) is 0 Å². The van der Waals surface area contributed by atoms with Crippen molar-refractivity contribution in [3.05, 3.63) is 0 Å². The minimum atomic E-state index is -0.114. The Kier molecular flexibility index (Phi) is 3.69. The molecule has 76 valence electrons. The molecular formula is C9H18N2O2. The molecule has 2 atom stereocenters. The highest BCUT2D eigenvalue weighted by atomic mass is 16.5. The summed E-state index contributed by atoms with van der Waals surface area (Å²) in [4.78, 5) is 13.4. The number of ether oxygens (including phenoxy) is 1. The van der Waals surface area contributed by atoms with Gasteiger partial charge in [-0.15, -0.1) is 0 Å². The zero-order valence-corrected chi connectivity index (χ0v) is 8.32. The Morgan fingerprint density at radius 2 is 2.31 bits per heavy atom. The molecule has 1 saturated heterocycles. The van der Waals surface area contributed by atoms with Gasteiger partial charge in [-0.25, -0.2) is 0 Å². The maximum atomic E-state index is 11.4. The largest absolute Gasteiger partial charge is 0.465 e. The summed E-state index contributed by atoms with van der Waals surface area (Å²) in [5, 5.41) is 0. The molecule has 4 nitrogen and oxygen atoms in total. The van der Waals surface area contributed by atoms with Gasteiger partial charge in [0.25, 0.3) is 0 Å². The number of nitrogens with zero attached hydrogens (tertiary/aromatic N) is 1. The van der Waals surface area contributed by atoms with E-state index in [0.29, 0.717) is 6.61 Å². The first-order chi connectivity index (χ1) is 6.15. The number of likely N-dealkylation sites (tertiary alicyclic amines) is 1. The fourth-order valence-corrected chi connectivity index (χ4v) is 1.72. The topological polar surface area (TPSA) is 55.6 Å². The highest BCUT2D eigenvalue weighted by Crippen LogP contribution is 2.15. The third-order valence-corrected chi connectivity index (χ3v) is 2.42. The van der Waals surface area contributed by atoms with E-state index in [4.69, 9.17) is 10.5 Å². The van der Waals surface area contributed by atoms with Gasteiger partial charge in [-0.3, -0.25) is 9.69 Å². The fourth-order valence-electron chi connectivity index (χ4n) is 1.72. The molecule has 1 heterocycles. The van der Waals surface area contributed by atoms with Crippen molar-refractivity contribution in [1.82, 2.24) is 4.90 Å². The van der Waals surface area contributed by atoms with Gasteiger partial charge < -0.3 is 10.5 Å². The summed E-state index contributed by atoms with van der Waals surface area (Å²) in [6.07, 6.45) is 1.73. The summed E-state index contributed by atoms with van der Waals surface area (Å²) < 4.78 is 4.97. The maximum Gasteiger partial charge on any atom is 0.323 e. The lowest BCUT2D eigenvalue weighted by atomic mass is 10.00. The van der Waals surface area contributed by atoms with Gasteiger partial charge in [-0.05, 0) is 26.8 Å². The van der Waals surface area contributed by atoms with Gasteiger partial charge in [0.2, 0.25) is 0 Å². The van der Waals surface area contributed by atoms with Gasteiger partial charge in [-0.1, -0.05) is 0 Å². The smallest absolute Gasteiger partial charge is 0.323 e. The maximum absolute atomic E-state index is 11.4. The Balaban J connectivity index is 2.45. The second-order valence-electron chi connectivity index (χ2n) is 3.54. The number of carbonyl (C=O) groups excluding carboxylic acids is 1. The monoisotopic (exact) mass is 186 g/mol. The molecule has 0 aromatic rings. The van der Waals surface area contributed by atoms with Gasteiger partial charge >= 0.3 is 5.97 Å². The molecule has 0 aromatic heterocycles. The first kappa shape index (κ1) is 10.5. The normalized spacial score (nSPS) is 30.1. The predicted molar refractivity (Wildman–Crippen MR) is 50.3 cm³/mol. The molecule has 1 aliphatic rings. The number of hydrogen-bond donors (Lipinski definition) is 1. The molecule has 4 heteroatoms. The Labute approximate surface area is 79.0 Å². The van der Waals surface area contributed by atoms with Crippen molar-refractivity contribution in [3.8, 4) is 0 Å². The van der Waals surface area contributed by atoms with Gasteiger partial charge in [0, 0.05) is 12.6 Å². The minimum Gasteiger partial charge on any atom is -0.465 e. The highest BCUT2D eigenvalue weighted by Gasteiger charge is 2.29. The third-order valence-electron chi connectivity index (χ3n) is 2.42. The van der Waals surface area contributed by atoms with Crippen LogP contribution in [0.25, 0.3) is 0 Å². The Morgan fingerprint density at radius 3 is 2.85 bits per heavy atom. The molecule has 2 N–H and O–H groups in total. The molecule has 1 rings (SSSR count). The van der Waals surface area contributed by atoms with E-state index in [1.807, 2.05) is 18.9 Å². The van der Waals surface area contributed by atoms with E-state index in [1.54, 1.807) is 0 Å². The Hall–Kier alpha value is -0.610. The van der Waals surface area contributed by atoms with Gasteiger partial charge in [-0.2, -0.15) is 0 Å². The van der Waals surface area contributed by atoms with E-state index in [1.165, 1.54) is 0 Å². The molecule has 0 aliphatic carbocycles. The molecule has 1 fully saturated rings. The van der Waals surface area contributed by atoms with Crippen LogP contribution in [0.3, 0.4) is 0 Å². The van der Waals surface area contributed by atoms with Crippen molar-refractivity contribution >= 4 is 5.97 Å². The van der Waals surface area contributed by atoms with Crippen molar-refractivity contribution < 1.29 is 9.53 Å². The third kappa shape index (κ3) is 2.67. The number of hydrogen-bond acceptors (Lipinski definition) is 4. The van der Waals surface area contributed by atoms with E-state index in [9.17, 15) is 4.79 Å². The summed E-state index contributed by atoms with van der Waals surface area (Å²) in [5.74, 6) is -0.114. The summed E-state index contributed by atoms with van der Waals surface area (Å²) in [6, 6.07) is 0.121. The molecular weight excluding hydrogens is 168 g/mol. The van der Waals surface area contributed by atoms with Crippen LogP contribution in [0.5, 0.6) is 0 Å². The standard InChI is InChI=1S/C9H18N2O2/c1-3-13-9(12)8-5-4-7(10)6-11(8)2/h7-8H,3-6,10H2,1-2H3. The van der Waals surface area contributed by atoms with Crippen LogP contribution in [0.4, 0.5) is 0 Å². The number of esters is 1. The fraction of sp³-hybridized carbons (Fsp3) is 0.889. The first-order valence-corrected chi connectivity index (χ1v) is 4.77. The molecule has 0 bridgehead atoms. The molecule has 13 heavy (non-hydrogen) atoms. The summed E-state index contributed by atoms with van der Waals surface area (Å²) in [7, 11) is 1.92. The van der Waals surface area contributed by atoms with E-state index < -0.39 is 0 Å². The predicted octanol–water partition coefficient (Wildman–Crippen LogP) is -0.0290. The number of carbonyl (C=O) groups is 1. The Morgan fingerprint density at radius 1 is 1.62 bits per heavy atom. The zero-order valence-electron chi connectivity index (χ0n) is 8.32. The van der Waals surface area contributed by atoms with Crippen molar-refractivity contribution in [2.75, 3.05) is 20.2 Å². The average Bonchev–Trinajstić information content (AvgIpc) is 2.04. The van der Waals surface area contributed by atoms with E-state index in [-0.39, 0.29) is 18.1 Å². The van der Waals surface area contributed by atoms with Crippen LogP contribution in [0, 0.1) is 0 Å². The van der Waals surface area contributed by atoms with Crippen LogP contribution in [0.1, 0.15) is 19.8 Å². The van der Waals surface area contributed by atoms with Crippen molar-refractivity contribution in [3.63, 3.8) is 0 Å². The Bertz CT molecular complexity index is 184. The van der Waals surface area contributed by atoms with Gasteiger partial charge in [0.1, 0.15) is 6.04 Å². The number of rotatable bonds is 2. The average molecular weight is 186 g/mol. The molecule has 0 aromatic carbocycles. The molecule has 0 amide bonds. The molecule has 2 unspecified atom stereocenters. The van der Waals surface area contributed by atoms with Crippen LogP contribution in [-0.4, -0.2) is 43.2 Å². The van der Waals surface area contributed by atoms with Crippen LogP contribution >= 0.6 is 0 Å². The summed E-state index contributed by atoms with van der Waals surface area (Å²) >= 11 is 0. The van der Waals surface area contributed by atoms with Crippen molar-refractivity contribution in [2.24, 2.45) is 5.73 Å². The summed E-state index contributed by atoms with van der Waals surface area (Å²) in [6.45, 7) is 3.06. The lowest BCUT2D eigenvalue weighted by Crippen LogP contribution is -2.50. The summed E-state index contributed by atoms with van der Waals surface area (Å²) in [5.41, 5.74) is 5.77. The lowest BCUT2D eigenvalue weighted by Gasteiger charge is -2.33. The molecule has 1 aliphatic heterocycles. The van der Waals surface area contributed by atoms with E-state index in [2.05, 4.69) is 0 Å².